The van der Waals surface area contributed by atoms with Gasteiger partial charge in [0.25, 0.3) is 0 Å². The van der Waals surface area contributed by atoms with Gasteiger partial charge in [-0.15, -0.1) is 0 Å². The summed E-state index contributed by atoms with van der Waals surface area (Å²) in [4.78, 5) is 0. The van der Waals surface area contributed by atoms with Crippen LogP contribution in [0.3, 0.4) is 0 Å². The second-order valence-corrected chi connectivity index (χ2v) is 5.06. The van der Waals surface area contributed by atoms with E-state index in [1.165, 1.54) is 11.1 Å². The molecule has 2 rings (SSSR count). The van der Waals surface area contributed by atoms with E-state index in [4.69, 9.17) is 10.5 Å². The molecule has 1 aromatic rings. The van der Waals surface area contributed by atoms with Crippen molar-refractivity contribution in [2.45, 2.75) is 38.6 Å². The Hall–Kier alpha value is -1.02. The van der Waals surface area contributed by atoms with Gasteiger partial charge in [-0.1, -0.05) is 12.1 Å². The minimum absolute atomic E-state index is 0.135. The summed E-state index contributed by atoms with van der Waals surface area (Å²) in [6, 6.07) is 6.44. The highest BCUT2D eigenvalue weighted by molar-refractivity contribution is 5.39. The molecule has 2 heteroatoms. The average molecular weight is 205 g/mol. The summed E-state index contributed by atoms with van der Waals surface area (Å²) in [5, 5.41) is 0. The molecule has 2 N–H and O–H groups in total. The quantitative estimate of drug-likeness (QED) is 0.804. The van der Waals surface area contributed by atoms with E-state index in [0.717, 1.165) is 31.6 Å². The lowest BCUT2D eigenvalue weighted by atomic mass is 9.93. The van der Waals surface area contributed by atoms with Gasteiger partial charge in [-0.2, -0.15) is 0 Å². The van der Waals surface area contributed by atoms with Crippen LogP contribution in [0.5, 0.6) is 5.75 Å². The molecule has 82 valence electrons. The molecule has 0 spiro atoms. The molecule has 0 unspecified atom stereocenters. The molecule has 1 aromatic carbocycles. The van der Waals surface area contributed by atoms with Crippen LogP contribution in [0, 0.1) is 0 Å². The third kappa shape index (κ3) is 2.72. The number of hydrogen-bond donors (Lipinski definition) is 1. The molecule has 0 atom stereocenters. The number of nitrogens with two attached hydrogens (primary N) is 1. The zero-order valence-corrected chi connectivity index (χ0v) is 9.55. The van der Waals surface area contributed by atoms with Crippen LogP contribution in [0.15, 0.2) is 18.2 Å². The monoisotopic (exact) mass is 205 g/mol. The van der Waals surface area contributed by atoms with Gasteiger partial charge < -0.3 is 10.5 Å². The van der Waals surface area contributed by atoms with Crippen LogP contribution in [0.1, 0.15) is 31.4 Å². The summed E-state index contributed by atoms with van der Waals surface area (Å²) in [6.45, 7) is 4.97. The number of aryl methyl sites for hydroxylation is 1. The smallest absolute Gasteiger partial charge is 0.122 e. The lowest BCUT2D eigenvalue weighted by Crippen LogP contribution is -2.34. The van der Waals surface area contributed by atoms with Crippen LogP contribution in [0.25, 0.3) is 0 Å². The average Bonchev–Trinajstić information content (AvgIpc) is 2.15. The van der Waals surface area contributed by atoms with Gasteiger partial charge in [-0.25, -0.2) is 0 Å². The zero-order chi connectivity index (χ0) is 10.9. The normalized spacial score (nSPS) is 15.7. The molecule has 0 saturated heterocycles. The van der Waals surface area contributed by atoms with E-state index in [2.05, 4.69) is 32.0 Å². The van der Waals surface area contributed by atoms with E-state index in [-0.39, 0.29) is 5.54 Å². The summed E-state index contributed by atoms with van der Waals surface area (Å²) in [5.74, 6) is 1.06. The third-order valence-corrected chi connectivity index (χ3v) is 2.63. The van der Waals surface area contributed by atoms with Crippen molar-refractivity contribution < 1.29 is 4.74 Å². The fourth-order valence-corrected chi connectivity index (χ4v) is 2.05. The van der Waals surface area contributed by atoms with Crippen LogP contribution < -0.4 is 10.5 Å². The molecule has 15 heavy (non-hydrogen) atoms. The minimum atomic E-state index is -0.135. The fourth-order valence-electron chi connectivity index (χ4n) is 2.05. The largest absolute Gasteiger partial charge is 0.493 e. The number of benzene rings is 1. The molecule has 0 radical (unpaired) electrons. The van der Waals surface area contributed by atoms with Gasteiger partial charge in [-0.3, -0.25) is 0 Å². The zero-order valence-electron chi connectivity index (χ0n) is 9.55. The van der Waals surface area contributed by atoms with E-state index < -0.39 is 0 Å². The van der Waals surface area contributed by atoms with E-state index in [9.17, 15) is 0 Å². The first kappa shape index (κ1) is 10.5. The standard InChI is InChI=1S/C13H19NO/c1-13(2,14)9-10-5-6-12-11(8-10)4-3-7-15-12/h5-6,8H,3-4,7,9,14H2,1-2H3. The first-order chi connectivity index (χ1) is 7.04. The summed E-state index contributed by atoms with van der Waals surface area (Å²) in [5.41, 5.74) is 8.53. The van der Waals surface area contributed by atoms with Crippen molar-refractivity contribution in [3.05, 3.63) is 29.3 Å². The second-order valence-electron chi connectivity index (χ2n) is 5.06. The first-order valence-electron chi connectivity index (χ1n) is 5.58. The Labute approximate surface area is 91.4 Å². The molecule has 1 aliphatic heterocycles. The van der Waals surface area contributed by atoms with Gasteiger partial charge >= 0.3 is 0 Å². The lowest BCUT2D eigenvalue weighted by molar-refractivity contribution is 0.288. The summed E-state index contributed by atoms with van der Waals surface area (Å²) in [6.07, 6.45) is 3.18. The fraction of sp³-hybridized carbons (Fsp3) is 0.538. The molecule has 0 bridgehead atoms. The van der Waals surface area contributed by atoms with Gasteiger partial charge in [0.05, 0.1) is 6.61 Å². The van der Waals surface area contributed by atoms with E-state index >= 15 is 0 Å². The van der Waals surface area contributed by atoms with Gasteiger partial charge in [0.15, 0.2) is 0 Å². The maximum Gasteiger partial charge on any atom is 0.122 e. The summed E-state index contributed by atoms with van der Waals surface area (Å²) in [7, 11) is 0. The molecule has 0 aromatic heterocycles. The van der Waals surface area contributed by atoms with Crippen molar-refractivity contribution >= 4 is 0 Å². The molecular weight excluding hydrogens is 186 g/mol. The van der Waals surface area contributed by atoms with Crippen LogP contribution in [0.2, 0.25) is 0 Å². The molecule has 1 heterocycles. The van der Waals surface area contributed by atoms with Crippen molar-refractivity contribution in [2.24, 2.45) is 5.73 Å². The van der Waals surface area contributed by atoms with Crippen LogP contribution in [-0.2, 0) is 12.8 Å². The predicted molar refractivity (Wildman–Crippen MR) is 62.2 cm³/mol. The second kappa shape index (κ2) is 3.86. The van der Waals surface area contributed by atoms with Crippen LogP contribution >= 0.6 is 0 Å². The number of fused-ring (bicyclic) bond motifs is 1. The van der Waals surface area contributed by atoms with Crippen LogP contribution in [0.4, 0.5) is 0 Å². The van der Waals surface area contributed by atoms with Crippen molar-refractivity contribution in [2.75, 3.05) is 6.61 Å². The highest BCUT2D eigenvalue weighted by Crippen LogP contribution is 2.26. The number of rotatable bonds is 2. The highest BCUT2D eigenvalue weighted by atomic mass is 16.5. The molecule has 2 nitrogen and oxygen atoms in total. The minimum Gasteiger partial charge on any atom is -0.493 e. The van der Waals surface area contributed by atoms with Gasteiger partial charge in [-0.05, 0) is 50.3 Å². The van der Waals surface area contributed by atoms with Crippen LogP contribution in [-0.4, -0.2) is 12.1 Å². The van der Waals surface area contributed by atoms with Crippen molar-refractivity contribution in [1.29, 1.82) is 0 Å². The number of ether oxygens (including phenoxy) is 1. The topological polar surface area (TPSA) is 35.2 Å². The molecule has 0 aliphatic carbocycles. The molecule has 0 saturated carbocycles. The lowest BCUT2D eigenvalue weighted by Gasteiger charge is -2.21. The Morgan fingerprint density at radius 2 is 2.20 bits per heavy atom. The van der Waals surface area contributed by atoms with E-state index in [1.54, 1.807) is 0 Å². The Bertz CT molecular complexity index is 352. The maximum absolute atomic E-state index is 6.01. The van der Waals surface area contributed by atoms with Crippen molar-refractivity contribution in [1.82, 2.24) is 0 Å². The molecular formula is C13H19NO. The Kier molecular flexibility index (Phi) is 2.70. The molecule has 1 aliphatic rings. The Morgan fingerprint density at radius 1 is 1.40 bits per heavy atom. The SMILES string of the molecule is CC(C)(N)Cc1ccc2c(c1)CCCO2. The third-order valence-electron chi connectivity index (χ3n) is 2.63. The van der Waals surface area contributed by atoms with E-state index in [0.29, 0.717) is 0 Å². The summed E-state index contributed by atoms with van der Waals surface area (Å²) < 4.78 is 5.58. The number of hydrogen-bond acceptors (Lipinski definition) is 2. The van der Waals surface area contributed by atoms with Gasteiger partial charge in [0.2, 0.25) is 0 Å². The maximum atomic E-state index is 6.01. The highest BCUT2D eigenvalue weighted by Gasteiger charge is 2.15. The molecule has 0 amide bonds. The van der Waals surface area contributed by atoms with Crippen molar-refractivity contribution in [3.8, 4) is 5.75 Å². The summed E-state index contributed by atoms with van der Waals surface area (Å²) >= 11 is 0. The first-order valence-corrected chi connectivity index (χ1v) is 5.58. The van der Waals surface area contributed by atoms with E-state index in [1.807, 2.05) is 0 Å². The van der Waals surface area contributed by atoms with Crippen molar-refractivity contribution in [3.63, 3.8) is 0 Å². The van der Waals surface area contributed by atoms with Gasteiger partial charge in [0, 0.05) is 5.54 Å². The van der Waals surface area contributed by atoms with Gasteiger partial charge in [0.1, 0.15) is 5.75 Å². The Balaban J connectivity index is 2.21. The molecule has 0 fully saturated rings. The Morgan fingerprint density at radius 3 is 2.93 bits per heavy atom. The predicted octanol–water partition coefficient (Wildman–Crippen LogP) is 2.29.